The van der Waals surface area contributed by atoms with Crippen molar-refractivity contribution in [3.8, 4) is 28.3 Å². The predicted octanol–water partition coefficient (Wildman–Crippen LogP) is 2.70. The Morgan fingerprint density at radius 1 is 1.04 bits per heavy atom. The second kappa shape index (κ2) is 5.34. The van der Waals surface area contributed by atoms with Crippen molar-refractivity contribution in [2.75, 3.05) is 0 Å². The van der Waals surface area contributed by atoms with Gasteiger partial charge in [-0.15, -0.1) is 0 Å². The van der Waals surface area contributed by atoms with Gasteiger partial charge in [0.2, 0.25) is 0 Å². The highest BCUT2D eigenvalue weighted by molar-refractivity contribution is 5.82. The van der Waals surface area contributed by atoms with Crippen LogP contribution in [0.5, 0.6) is 5.75 Å². The minimum absolute atomic E-state index is 0.360. The Balaban J connectivity index is 1.84. The Kier molecular flexibility index (Phi) is 3.16. The van der Waals surface area contributed by atoms with E-state index in [-0.39, 0.29) is 5.75 Å². The molecule has 118 valence electrons. The number of nitrogens with zero attached hydrogens (tertiary/aromatic N) is 3. The van der Waals surface area contributed by atoms with Crippen LogP contribution in [0.1, 0.15) is 0 Å². The van der Waals surface area contributed by atoms with Crippen LogP contribution >= 0.6 is 0 Å². The number of rotatable bonds is 2. The molecule has 2 aromatic carbocycles. The smallest absolute Gasteiger partial charge is 0.295 e. The second-order valence-corrected chi connectivity index (χ2v) is 5.55. The summed E-state index contributed by atoms with van der Waals surface area (Å²) in [5, 5.41) is 9.48. The summed E-state index contributed by atoms with van der Waals surface area (Å²) in [6, 6.07) is 13.8. The molecule has 6 heteroatoms. The summed E-state index contributed by atoms with van der Waals surface area (Å²) in [6.45, 7) is 0. The van der Waals surface area contributed by atoms with Gasteiger partial charge in [0.05, 0.1) is 23.6 Å². The molecule has 0 aliphatic rings. The average Bonchev–Trinajstić information content (AvgIpc) is 3.07. The van der Waals surface area contributed by atoms with Gasteiger partial charge < -0.3 is 10.1 Å². The number of aromatic nitrogens is 4. The first kappa shape index (κ1) is 14.2. The molecule has 24 heavy (non-hydrogen) atoms. The zero-order valence-electron chi connectivity index (χ0n) is 12.9. The minimum Gasteiger partial charge on any atom is -0.502 e. The average molecular weight is 318 g/mol. The number of benzene rings is 2. The lowest BCUT2D eigenvalue weighted by Gasteiger charge is -2.09. The standard InChI is InChI=1S/C18H14N4O2/c1-22-17(19-9-16(23)18(22)24)13-4-2-3-11(7-13)12-5-6-14-15(8-12)21-10-20-14/h2-10,23H,1H3,(H,20,21). The highest BCUT2D eigenvalue weighted by Gasteiger charge is 2.10. The molecule has 0 radical (unpaired) electrons. The second-order valence-electron chi connectivity index (χ2n) is 5.55. The number of hydrogen-bond donors (Lipinski definition) is 2. The number of H-pyrrole nitrogens is 1. The van der Waals surface area contributed by atoms with Crippen molar-refractivity contribution in [2.45, 2.75) is 0 Å². The fraction of sp³-hybridized carbons (Fsp3) is 0.0556. The van der Waals surface area contributed by atoms with E-state index in [4.69, 9.17) is 0 Å². The van der Waals surface area contributed by atoms with Crippen molar-refractivity contribution in [1.29, 1.82) is 0 Å². The van der Waals surface area contributed by atoms with Crippen molar-refractivity contribution >= 4 is 11.0 Å². The van der Waals surface area contributed by atoms with E-state index in [1.807, 2.05) is 42.5 Å². The van der Waals surface area contributed by atoms with Gasteiger partial charge in [0.15, 0.2) is 5.75 Å². The summed E-state index contributed by atoms with van der Waals surface area (Å²) < 4.78 is 1.34. The number of imidazole rings is 1. The Bertz CT molecular complexity index is 1110. The number of nitrogens with one attached hydrogen (secondary N) is 1. The summed E-state index contributed by atoms with van der Waals surface area (Å²) in [4.78, 5) is 23.4. The monoisotopic (exact) mass is 318 g/mol. The highest BCUT2D eigenvalue weighted by atomic mass is 16.3. The van der Waals surface area contributed by atoms with Gasteiger partial charge in [0.25, 0.3) is 5.56 Å². The molecule has 0 aliphatic carbocycles. The number of fused-ring (bicyclic) bond motifs is 1. The molecule has 2 heterocycles. The summed E-state index contributed by atoms with van der Waals surface area (Å²) in [5.74, 6) is 0.141. The lowest BCUT2D eigenvalue weighted by atomic mass is 10.0. The summed E-state index contributed by atoms with van der Waals surface area (Å²) in [7, 11) is 1.59. The molecule has 0 amide bonds. The van der Waals surface area contributed by atoms with Crippen LogP contribution in [0, 0.1) is 0 Å². The maximum atomic E-state index is 11.9. The highest BCUT2D eigenvalue weighted by Crippen LogP contribution is 2.26. The quantitative estimate of drug-likeness (QED) is 0.595. The zero-order valence-corrected chi connectivity index (χ0v) is 12.9. The lowest BCUT2D eigenvalue weighted by molar-refractivity contribution is 0.457. The number of hydrogen-bond acceptors (Lipinski definition) is 4. The van der Waals surface area contributed by atoms with E-state index < -0.39 is 5.56 Å². The van der Waals surface area contributed by atoms with Gasteiger partial charge in [0.1, 0.15) is 5.82 Å². The van der Waals surface area contributed by atoms with Gasteiger partial charge in [-0.2, -0.15) is 0 Å². The van der Waals surface area contributed by atoms with E-state index in [0.717, 1.165) is 27.7 Å². The molecule has 0 fully saturated rings. The predicted molar refractivity (Wildman–Crippen MR) is 91.7 cm³/mol. The van der Waals surface area contributed by atoms with Gasteiger partial charge in [-0.05, 0) is 29.3 Å². The maximum Gasteiger partial charge on any atom is 0.295 e. The summed E-state index contributed by atoms with van der Waals surface area (Å²) in [5.41, 5.74) is 4.24. The Morgan fingerprint density at radius 2 is 1.83 bits per heavy atom. The molecule has 2 aromatic heterocycles. The van der Waals surface area contributed by atoms with E-state index >= 15 is 0 Å². The lowest BCUT2D eigenvalue weighted by Crippen LogP contribution is -2.18. The van der Waals surface area contributed by atoms with Crippen LogP contribution in [0.3, 0.4) is 0 Å². The fourth-order valence-electron chi connectivity index (χ4n) is 2.75. The van der Waals surface area contributed by atoms with E-state index in [1.54, 1.807) is 13.4 Å². The molecule has 4 rings (SSSR count). The van der Waals surface area contributed by atoms with Gasteiger partial charge in [0, 0.05) is 12.6 Å². The summed E-state index contributed by atoms with van der Waals surface area (Å²) >= 11 is 0. The van der Waals surface area contributed by atoms with E-state index in [0.29, 0.717) is 5.82 Å². The first-order valence-electron chi connectivity index (χ1n) is 7.42. The van der Waals surface area contributed by atoms with Crippen molar-refractivity contribution in [3.63, 3.8) is 0 Å². The number of aromatic hydroxyl groups is 1. The zero-order chi connectivity index (χ0) is 16.7. The molecule has 6 nitrogen and oxygen atoms in total. The molecular formula is C18H14N4O2. The van der Waals surface area contributed by atoms with Crippen LogP contribution in [0.4, 0.5) is 0 Å². The largest absolute Gasteiger partial charge is 0.502 e. The SMILES string of the molecule is Cn1c(-c2cccc(-c3ccc4[nH]cnc4c3)c2)ncc(O)c1=O. The Labute approximate surface area is 137 Å². The molecule has 0 spiro atoms. The van der Waals surface area contributed by atoms with E-state index in [1.165, 1.54) is 10.8 Å². The van der Waals surface area contributed by atoms with Crippen molar-refractivity contribution in [3.05, 3.63) is 65.3 Å². The molecule has 0 aliphatic heterocycles. The van der Waals surface area contributed by atoms with E-state index in [9.17, 15) is 9.90 Å². The van der Waals surface area contributed by atoms with Crippen LogP contribution in [-0.2, 0) is 7.05 Å². The summed E-state index contributed by atoms with van der Waals surface area (Å²) in [6.07, 6.45) is 2.85. The van der Waals surface area contributed by atoms with Gasteiger partial charge in [-0.3, -0.25) is 9.36 Å². The first-order chi connectivity index (χ1) is 11.6. The molecule has 0 bridgehead atoms. The third-order valence-corrected chi connectivity index (χ3v) is 4.03. The molecular weight excluding hydrogens is 304 g/mol. The molecule has 2 N–H and O–H groups in total. The van der Waals surface area contributed by atoms with Crippen molar-refractivity contribution in [1.82, 2.24) is 19.5 Å². The Morgan fingerprint density at radius 3 is 2.71 bits per heavy atom. The molecule has 0 atom stereocenters. The van der Waals surface area contributed by atoms with Gasteiger partial charge in [-0.1, -0.05) is 24.3 Å². The molecule has 0 saturated heterocycles. The van der Waals surface area contributed by atoms with Gasteiger partial charge in [-0.25, -0.2) is 9.97 Å². The molecule has 0 saturated carbocycles. The van der Waals surface area contributed by atoms with Crippen LogP contribution in [0.25, 0.3) is 33.5 Å². The third kappa shape index (κ3) is 2.25. The van der Waals surface area contributed by atoms with E-state index in [2.05, 4.69) is 15.0 Å². The topological polar surface area (TPSA) is 83.8 Å². The molecule has 0 unspecified atom stereocenters. The van der Waals surface area contributed by atoms with Crippen molar-refractivity contribution in [2.24, 2.45) is 7.05 Å². The number of aromatic amines is 1. The minimum atomic E-state index is -0.469. The first-order valence-corrected chi connectivity index (χ1v) is 7.42. The van der Waals surface area contributed by atoms with Crippen LogP contribution < -0.4 is 5.56 Å². The third-order valence-electron chi connectivity index (χ3n) is 4.03. The van der Waals surface area contributed by atoms with Crippen LogP contribution in [0.2, 0.25) is 0 Å². The normalized spacial score (nSPS) is 11.0. The maximum absolute atomic E-state index is 11.9. The van der Waals surface area contributed by atoms with Gasteiger partial charge >= 0.3 is 0 Å². The fourth-order valence-corrected chi connectivity index (χ4v) is 2.75. The van der Waals surface area contributed by atoms with Crippen LogP contribution in [-0.4, -0.2) is 24.6 Å². The van der Waals surface area contributed by atoms with Crippen molar-refractivity contribution < 1.29 is 5.11 Å². The van der Waals surface area contributed by atoms with Crippen LogP contribution in [0.15, 0.2) is 59.8 Å². The molecule has 4 aromatic rings. The Hall–Kier alpha value is -3.41.